The Morgan fingerprint density at radius 2 is 2.18 bits per heavy atom. The van der Waals surface area contributed by atoms with Crippen molar-refractivity contribution in [3.05, 3.63) is 43.0 Å². The fourth-order valence-electron chi connectivity index (χ4n) is 1.59. The van der Waals surface area contributed by atoms with Crippen molar-refractivity contribution in [2.75, 3.05) is 0 Å². The van der Waals surface area contributed by atoms with Gasteiger partial charge in [0, 0.05) is 30.9 Å². The van der Waals surface area contributed by atoms with Crippen LogP contribution in [0.5, 0.6) is 0 Å². The van der Waals surface area contributed by atoms with Gasteiger partial charge >= 0.3 is 5.97 Å². The third-order valence-corrected chi connectivity index (χ3v) is 2.34. The maximum Gasteiger partial charge on any atom is 0.372 e. The summed E-state index contributed by atoms with van der Waals surface area (Å²) >= 11 is 0. The first-order chi connectivity index (χ1) is 8.25. The fourth-order valence-corrected chi connectivity index (χ4v) is 1.59. The minimum Gasteiger partial charge on any atom is -0.475 e. The second-order valence-electron chi connectivity index (χ2n) is 3.37. The maximum atomic E-state index is 11.1. The molecule has 0 atom stereocenters. The molecule has 0 fully saturated rings. The molecule has 0 aliphatic heterocycles. The molecule has 3 rings (SSSR count). The van der Waals surface area contributed by atoms with Gasteiger partial charge < -0.3 is 5.11 Å². The Hall–Kier alpha value is -2.70. The van der Waals surface area contributed by atoms with Gasteiger partial charge in [0.25, 0.3) is 0 Å². The van der Waals surface area contributed by atoms with Gasteiger partial charge in [-0.3, -0.25) is 8.97 Å². The summed E-state index contributed by atoms with van der Waals surface area (Å²) in [6.07, 6.45) is 7.92. The topological polar surface area (TPSA) is 85.3 Å². The smallest absolute Gasteiger partial charge is 0.372 e. The van der Waals surface area contributed by atoms with Crippen LogP contribution in [-0.4, -0.2) is 35.0 Å². The van der Waals surface area contributed by atoms with Crippen molar-refractivity contribution in [1.29, 1.82) is 0 Å². The summed E-state index contributed by atoms with van der Waals surface area (Å²) in [6.45, 7) is 0. The molecule has 0 bridgehead atoms. The molecule has 0 saturated carbocycles. The minimum absolute atomic E-state index is 0.0799. The van der Waals surface area contributed by atoms with Gasteiger partial charge in [0.2, 0.25) is 5.82 Å². The first-order valence-corrected chi connectivity index (χ1v) is 4.81. The molecule has 7 heteroatoms. The van der Waals surface area contributed by atoms with E-state index in [1.165, 1.54) is 10.6 Å². The van der Waals surface area contributed by atoms with E-state index in [-0.39, 0.29) is 5.82 Å². The number of aromatic nitrogens is 5. The van der Waals surface area contributed by atoms with Crippen LogP contribution in [0.2, 0.25) is 0 Å². The Labute approximate surface area is 95.0 Å². The molecular formula is C10H7N5O2. The van der Waals surface area contributed by atoms with E-state index in [1.54, 1.807) is 35.6 Å². The van der Waals surface area contributed by atoms with E-state index in [1.807, 2.05) is 0 Å². The molecule has 17 heavy (non-hydrogen) atoms. The minimum atomic E-state index is -1.10. The average Bonchev–Trinajstić information content (AvgIpc) is 2.98. The molecule has 3 aromatic heterocycles. The summed E-state index contributed by atoms with van der Waals surface area (Å²) in [5.74, 6) is -0.711. The highest BCUT2D eigenvalue weighted by molar-refractivity contribution is 5.84. The first-order valence-electron chi connectivity index (χ1n) is 4.81. The summed E-state index contributed by atoms with van der Waals surface area (Å²) in [4.78, 5) is 23.1. The van der Waals surface area contributed by atoms with Crippen LogP contribution in [0.4, 0.5) is 0 Å². The lowest BCUT2D eigenvalue weighted by atomic mass is 10.5. The predicted molar refractivity (Wildman–Crippen MR) is 57.1 cm³/mol. The van der Waals surface area contributed by atoms with Gasteiger partial charge in [-0.25, -0.2) is 19.7 Å². The zero-order valence-corrected chi connectivity index (χ0v) is 8.56. The lowest BCUT2D eigenvalue weighted by Gasteiger charge is -2.04. The number of carbonyl (C=O) groups is 1. The molecule has 0 saturated heterocycles. The van der Waals surface area contributed by atoms with Crippen LogP contribution in [0.25, 0.3) is 11.5 Å². The molecule has 0 aliphatic rings. The average molecular weight is 229 g/mol. The molecule has 0 unspecified atom stereocenters. The van der Waals surface area contributed by atoms with Crippen molar-refractivity contribution >= 4 is 11.6 Å². The highest BCUT2D eigenvalue weighted by Crippen LogP contribution is 2.10. The summed E-state index contributed by atoms with van der Waals surface area (Å²) in [5, 5.41) is 9.09. The quantitative estimate of drug-likeness (QED) is 0.696. The SMILES string of the molecule is O=C(O)c1nc(-n2ccnc2)cc2nccn12. The molecular weight excluding hydrogens is 222 g/mol. The third kappa shape index (κ3) is 1.44. The molecule has 1 N–H and O–H groups in total. The van der Waals surface area contributed by atoms with Crippen molar-refractivity contribution in [2.24, 2.45) is 0 Å². The number of hydrogen-bond donors (Lipinski definition) is 1. The Balaban J connectivity index is 2.31. The molecule has 3 heterocycles. The Bertz CT molecular complexity index is 686. The number of fused-ring (bicyclic) bond motifs is 1. The number of nitrogens with zero attached hydrogens (tertiary/aromatic N) is 5. The highest BCUT2D eigenvalue weighted by atomic mass is 16.4. The standard InChI is InChI=1S/C10H7N5O2/c16-10(17)9-13-8(14-3-1-11-6-14)5-7-12-2-4-15(7)9/h1-6H,(H,16,17). The summed E-state index contributed by atoms with van der Waals surface area (Å²) in [5.41, 5.74) is 0.529. The number of imidazole rings is 2. The van der Waals surface area contributed by atoms with Crippen LogP contribution in [0.3, 0.4) is 0 Å². The van der Waals surface area contributed by atoms with Crippen molar-refractivity contribution in [2.45, 2.75) is 0 Å². The van der Waals surface area contributed by atoms with Gasteiger partial charge in [0.15, 0.2) is 0 Å². The normalized spacial score (nSPS) is 10.8. The van der Waals surface area contributed by atoms with Crippen molar-refractivity contribution < 1.29 is 9.90 Å². The maximum absolute atomic E-state index is 11.1. The van der Waals surface area contributed by atoms with Crippen molar-refractivity contribution in [3.8, 4) is 5.82 Å². The summed E-state index contributed by atoms with van der Waals surface area (Å²) in [6, 6.07) is 1.69. The fraction of sp³-hybridized carbons (Fsp3) is 0. The molecule has 0 amide bonds. The second kappa shape index (κ2) is 3.41. The molecule has 0 spiro atoms. The van der Waals surface area contributed by atoms with E-state index >= 15 is 0 Å². The lowest BCUT2D eigenvalue weighted by molar-refractivity contribution is 0.0681. The Morgan fingerprint density at radius 1 is 1.29 bits per heavy atom. The number of carboxylic acids is 1. The monoisotopic (exact) mass is 229 g/mol. The van der Waals surface area contributed by atoms with Crippen LogP contribution >= 0.6 is 0 Å². The molecule has 3 aromatic rings. The van der Waals surface area contributed by atoms with E-state index in [4.69, 9.17) is 5.11 Å². The van der Waals surface area contributed by atoms with Crippen molar-refractivity contribution in [3.63, 3.8) is 0 Å². The number of hydrogen-bond acceptors (Lipinski definition) is 4. The molecule has 7 nitrogen and oxygen atoms in total. The molecule has 0 radical (unpaired) electrons. The Kier molecular flexibility index (Phi) is 1.91. The largest absolute Gasteiger partial charge is 0.475 e. The van der Waals surface area contributed by atoms with E-state index in [0.717, 1.165) is 0 Å². The molecule has 84 valence electrons. The van der Waals surface area contributed by atoms with Gasteiger partial charge in [0.05, 0.1) is 0 Å². The van der Waals surface area contributed by atoms with Gasteiger partial charge in [-0.05, 0) is 0 Å². The van der Waals surface area contributed by atoms with Crippen molar-refractivity contribution in [1.82, 2.24) is 23.9 Å². The lowest BCUT2D eigenvalue weighted by Crippen LogP contribution is -2.10. The summed E-state index contributed by atoms with van der Waals surface area (Å²) in [7, 11) is 0. The van der Waals surface area contributed by atoms with Crippen LogP contribution < -0.4 is 0 Å². The van der Waals surface area contributed by atoms with Crippen LogP contribution in [0.15, 0.2) is 37.2 Å². The van der Waals surface area contributed by atoms with E-state index < -0.39 is 5.97 Å². The van der Waals surface area contributed by atoms with Gasteiger partial charge in [-0.15, -0.1) is 0 Å². The first kappa shape index (κ1) is 9.52. The van der Waals surface area contributed by atoms with E-state index in [0.29, 0.717) is 11.5 Å². The third-order valence-electron chi connectivity index (χ3n) is 2.34. The zero-order valence-electron chi connectivity index (χ0n) is 8.56. The second-order valence-corrected chi connectivity index (χ2v) is 3.37. The zero-order chi connectivity index (χ0) is 11.8. The van der Waals surface area contributed by atoms with Crippen LogP contribution in [0.1, 0.15) is 10.6 Å². The summed E-state index contributed by atoms with van der Waals surface area (Å²) < 4.78 is 3.05. The molecule has 0 aromatic carbocycles. The van der Waals surface area contributed by atoms with E-state index in [2.05, 4.69) is 15.0 Å². The Morgan fingerprint density at radius 3 is 2.88 bits per heavy atom. The molecule has 0 aliphatic carbocycles. The predicted octanol–water partition coefficient (Wildman–Crippen LogP) is 0.613. The van der Waals surface area contributed by atoms with Crippen LogP contribution in [0, 0.1) is 0 Å². The number of rotatable bonds is 2. The van der Waals surface area contributed by atoms with E-state index in [9.17, 15) is 4.79 Å². The number of carboxylic acid groups (broad SMARTS) is 1. The van der Waals surface area contributed by atoms with Gasteiger partial charge in [0.1, 0.15) is 17.8 Å². The number of aromatic carboxylic acids is 1. The highest BCUT2D eigenvalue weighted by Gasteiger charge is 2.13. The van der Waals surface area contributed by atoms with Gasteiger partial charge in [-0.1, -0.05) is 0 Å². The van der Waals surface area contributed by atoms with Gasteiger partial charge in [-0.2, -0.15) is 0 Å². The van der Waals surface area contributed by atoms with Crippen LogP contribution in [-0.2, 0) is 0 Å².